The number of hydrogen-bond acceptors (Lipinski definition) is 4. The lowest BCUT2D eigenvalue weighted by Gasteiger charge is -2.30. The van der Waals surface area contributed by atoms with E-state index in [4.69, 9.17) is 17.3 Å². The minimum Gasteiger partial charge on any atom is -0.369 e. The van der Waals surface area contributed by atoms with Gasteiger partial charge in [-0.25, -0.2) is 12.8 Å². The van der Waals surface area contributed by atoms with E-state index in [0.717, 1.165) is 24.3 Å². The Labute approximate surface area is 172 Å². The number of amides is 2. The Morgan fingerprint density at radius 1 is 1.10 bits per heavy atom. The van der Waals surface area contributed by atoms with Crippen molar-refractivity contribution in [3.05, 3.63) is 58.9 Å². The zero-order chi connectivity index (χ0) is 21.2. The molecule has 2 aromatic rings. The lowest BCUT2D eigenvalue weighted by atomic mass is 9.96. The second kappa shape index (κ2) is 8.38. The first kappa shape index (κ1) is 21.1. The summed E-state index contributed by atoms with van der Waals surface area (Å²) in [6, 6.07) is 8.60. The number of likely N-dealkylation sites (tertiary alicyclic amines) is 1. The number of hydrogen-bond donors (Lipinski definition) is 2. The monoisotopic (exact) mass is 439 g/mol. The molecule has 2 amide bonds. The van der Waals surface area contributed by atoms with Gasteiger partial charge in [0.15, 0.2) is 0 Å². The number of carbonyl (C=O) groups excluding carboxylic acids is 2. The number of anilines is 1. The lowest BCUT2D eigenvalue weighted by Crippen LogP contribution is -2.41. The number of nitrogens with zero attached hydrogens (tertiary/aromatic N) is 1. The molecule has 1 saturated heterocycles. The minimum atomic E-state index is -4.01. The first-order valence-electron chi connectivity index (χ1n) is 8.84. The van der Waals surface area contributed by atoms with Gasteiger partial charge in [0.1, 0.15) is 5.82 Å². The minimum absolute atomic E-state index is 0.0360. The zero-order valence-corrected chi connectivity index (χ0v) is 16.8. The molecule has 0 spiro atoms. The van der Waals surface area contributed by atoms with Gasteiger partial charge in [0.25, 0.3) is 15.9 Å². The summed E-state index contributed by atoms with van der Waals surface area (Å²) < 4.78 is 40.4. The van der Waals surface area contributed by atoms with Gasteiger partial charge in [-0.1, -0.05) is 11.6 Å². The van der Waals surface area contributed by atoms with Crippen LogP contribution in [0.15, 0.2) is 47.4 Å². The number of sulfonamides is 1. The molecule has 1 heterocycles. The number of halogens is 2. The van der Waals surface area contributed by atoms with E-state index >= 15 is 0 Å². The van der Waals surface area contributed by atoms with Crippen molar-refractivity contribution >= 4 is 39.1 Å². The summed E-state index contributed by atoms with van der Waals surface area (Å²) in [7, 11) is -4.01. The number of nitrogens with one attached hydrogen (secondary N) is 1. The SMILES string of the molecule is NC(=O)C1CCN(C(=O)c2ccc(Cl)c(NS(=O)(=O)c3ccc(F)cc3)c2)CC1. The molecule has 0 aliphatic carbocycles. The zero-order valence-electron chi connectivity index (χ0n) is 15.3. The van der Waals surface area contributed by atoms with Crippen molar-refractivity contribution in [1.29, 1.82) is 0 Å². The molecule has 154 valence electrons. The van der Waals surface area contributed by atoms with Crippen LogP contribution in [0.2, 0.25) is 5.02 Å². The summed E-state index contributed by atoms with van der Waals surface area (Å²) in [5, 5.41) is 0.111. The molecule has 10 heteroatoms. The van der Waals surface area contributed by atoms with E-state index < -0.39 is 15.8 Å². The first-order chi connectivity index (χ1) is 13.7. The molecular weight excluding hydrogens is 421 g/mol. The Morgan fingerprint density at radius 2 is 1.72 bits per heavy atom. The fourth-order valence-electron chi connectivity index (χ4n) is 3.10. The Morgan fingerprint density at radius 3 is 2.31 bits per heavy atom. The van der Waals surface area contributed by atoms with Gasteiger partial charge < -0.3 is 10.6 Å². The van der Waals surface area contributed by atoms with E-state index in [9.17, 15) is 22.4 Å². The van der Waals surface area contributed by atoms with Gasteiger partial charge in [-0.3, -0.25) is 14.3 Å². The van der Waals surface area contributed by atoms with Gasteiger partial charge >= 0.3 is 0 Å². The van der Waals surface area contributed by atoms with Crippen LogP contribution in [0.4, 0.5) is 10.1 Å². The van der Waals surface area contributed by atoms with Crippen LogP contribution in [-0.4, -0.2) is 38.2 Å². The standard InChI is InChI=1S/C19H19ClFN3O4S/c20-16-6-1-13(19(26)24-9-7-12(8-10-24)18(22)25)11-17(16)23-29(27,28)15-4-2-14(21)3-5-15/h1-6,11-12,23H,7-10H2,(H2,22,25). The maximum atomic E-state index is 13.0. The van der Waals surface area contributed by atoms with Gasteiger partial charge in [0.05, 0.1) is 15.6 Å². The van der Waals surface area contributed by atoms with E-state index in [1.807, 2.05) is 0 Å². The van der Waals surface area contributed by atoms with Crippen LogP contribution in [0.25, 0.3) is 0 Å². The molecule has 3 rings (SSSR count). The Balaban J connectivity index is 1.78. The summed E-state index contributed by atoms with van der Waals surface area (Å²) in [5.74, 6) is -1.48. The quantitative estimate of drug-likeness (QED) is 0.746. The number of carbonyl (C=O) groups is 2. The topological polar surface area (TPSA) is 110 Å². The second-order valence-electron chi connectivity index (χ2n) is 6.72. The maximum absolute atomic E-state index is 13.0. The summed E-state index contributed by atoms with van der Waals surface area (Å²) in [4.78, 5) is 25.5. The van der Waals surface area contributed by atoms with Gasteiger partial charge in [-0.05, 0) is 55.3 Å². The highest BCUT2D eigenvalue weighted by Crippen LogP contribution is 2.27. The molecule has 1 aliphatic heterocycles. The van der Waals surface area contributed by atoms with E-state index in [0.29, 0.717) is 25.9 Å². The van der Waals surface area contributed by atoms with E-state index in [2.05, 4.69) is 4.72 Å². The van der Waals surface area contributed by atoms with Crippen molar-refractivity contribution in [3.63, 3.8) is 0 Å². The average molecular weight is 440 g/mol. The predicted octanol–water partition coefficient (Wildman–Crippen LogP) is 2.62. The summed E-state index contributed by atoms with van der Waals surface area (Å²) in [6.45, 7) is 0.761. The average Bonchev–Trinajstić information content (AvgIpc) is 2.69. The predicted molar refractivity (Wildman–Crippen MR) is 106 cm³/mol. The van der Waals surface area contributed by atoms with Gasteiger partial charge in [0.2, 0.25) is 5.91 Å². The highest BCUT2D eigenvalue weighted by Gasteiger charge is 2.27. The van der Waals surface area contributed by atoms with Crippen molar-refractivity contribution in [3.8, 4) is 0 Å². The van der Waals surface area contributed by atoms with Crippen molar-refractivity contribution in [1.82, 2.24) is 4.90 Å². The number of rotatable bonds is 5. The molecular formula is C19H19ClFN3O4S. The number of benzene rings is 2. The normalized spacial score (nSPS) is 15.2. The first-order valence-corrected chi connectivity index (χ1v) is 10.7. The van der Waals surface area contributed by atoms with Crippen LogP contribution in [0.5, 0.6) is 0 Å². The van der Waals surface area contributed by atoms with Crippen molar-refractivity contribution in [2.75, 3.05) is 17.8 Å². The molecule has 0 aromatic heterocycles. The van der Waals surface area contributed by atoms with Crippen LogP contribution >= 0.6 is 11.6 Å². The maximum Gasteiger partial charge on any atom is 0.261 e. The van der Waals surface area contributed by atoms with Gasteiger partial charge in [-0.15, -0.1) is 0 Å². The number of piperidine rings is 1. The van der Waals surface area contributed by atoms with Gasteiger partial charge in [-0.2, -0.15) is 0 Å². The Hall–Kier alpha value is -2.65. The summed E-state index contributed by atoms with van der Waals surface area (Å²) in [6.07, 6.45) is 0.970. The number of nitrogens with two attached hydrogens (primary N) is 1. The van der Waals surface area contributed by atoms with Crippen LogP contribution < -0.4 is 10.5 Å². The molecule has 1 aliphatic rings. The molecule has 0 bridgehead atoms. The molecule has 29 heavy (non-hydrogen) atoms. The highest BCUT2D eigenvalue weighted by atomic mass is 35.5. The molecule has 0 radical (unpaired) electrons. The van der Waals surface area contributed by atoms with Crippen LogP contribution in [-0.2, 0) is 14.8 Å². The van der Waals surface area contributed by atoms with Crippen LogP contribution in [0.1, 0.15) is 23.2 Å². The third-order valence-corrected chi connectivity index (χ3v) is 6.48. The Bertz CT molecular complexity index is 1040. The van der Waals surface area contributed by atoms with Gasteiger partial charge in [0, 0.05) is 24.6 Å². The third-order valence-electron chi connectivity index (χ3n) is 4.77. The smallest absolute Gasteiger partial charge is 0.261 e. The number of primary amides is 1. The van der Waals surface area contributed by atoms with Crippen molar-refractivity contribution in [2.45, 2.75) is 17.7 Å². The van der Waals surface area contributed by atoms with E-state index in [1.165, 1.54) is 18.2 Å². The fraction of sp³-hybridized carbons (Fsp3) is 0.263. The molecule has 3 N–H and O–H groups in total. The van der Waals surface area contributed by atoms with Crippen molar-refractivity contribution in [2.24, 2.45) is 11.7 Å². The summed E-state index contributed by atoms with van der Waals surface area (Å²) in [5.41, 5.74) is 5.60. The molecule has 7 nitrogen and oxygen atoms in total. The molecule has 0 atom stereocenters. The molecule has 2 aromatic carbocycles. The lowest BCUT2D eigenvalue weighted by molar-refractivity contribution is -0.123. The van der Waals surface area contributed by atoms with Crippen LogP contribution in [0, 0.1) is 11.7 Å². The molecule has 1 fully saturated rings. The highest BCUT2D eigenvalue weighted by molar-refractivity contribution is 7.92. The molecule has 0 unspecified atom stereocenters. The van der Waals surface area contributed by atoms with E-state index in [-0.39, 0.29) is 38.9 Å². The van der Waals surface area contributed by atoms with Crippen LogP contribution in [0.3, 0.4) is 0 Å². The third kappa shape index (κ3) is 4.86. The summed E-state index contributed by atoms with van der Waals surface area (Å²) >= 11 is 6.10. The largest absolute Gasteiger partial charge is 0.369 e. The van der Waals surface area contributed by atoms with E-state index in [1.54, 1.807) is 4.90 Å². The molecule has 0 saturated carbocycles. The second-order valence-corrected chi connectivity index (χ2v) is 8.81. The van der Waals surface area contributed by atoms with Crippen molar-refractivity contribution < 1.29 is 22.4 Å². The fourth-order valence-corrected chi connectivity index (χ4v) is 4.40. The Kier molecular flexibility index (Phi) is 6.09.